The summed E-state index contributed by atoms with van der Waals surface area (Å²) in [7, 11) is 0. The third-order valence-electron chi connectivity index (χ3n) is 3.62. The number of aliphatic imine (C=N–C) groups is 1. The molecule has 1 unspecified atom stereocenters. The van der Waals surface area contributed by atoms with Crippen LogP contribution in [-0.2, 0) is 4.79 Å². The summed E-state index contributed by atoms with van der Waals surface area (Å²) in [5, 5.41) is 6.01. The third kappa shape index (κ3) is 4.48. The molecule has 5 heteroatoms. The molecule has 1 atom stereocenters. The molecule has 1 amide bonds. The maximum Gasteiger partial charge on any atom is 0.225 e. The number of nitrogens with one attached hydrogen (secondary N) is 2. The highest BCUT2D eigenvalue weighted by molar-refractivity contribution is 5.94. The molecule has 2 rings (SSSR count). The van der Waals surface area contributed by atoms with E-state index in [0.29, 0.717) is 24.8 Å². The summed E-state index contributed by atoms with van der Waals surface area (Å²) in [4.78, 5) is 16.1. The Morgan fingerprint density at radius 3 is 3.00 bits per heavy atom. The van der Waals surface area contributed by atoms with E-state index < -0.39 is 0 Å². The molecule has 0 fully saturated rings. The second kappa shape index (κ2) is 7.11. The average molecular weight is 288 g/mol. The zero-order valence-electron chi connectivity index (χ0n) is 12.7. The lowest BCUT2D eigenvalue weighted by molar-refractivity contribution is -0.116. The van der Waals surface area contributed by atoms with E-state index in [1.165, 1.54) is 0 Å². The molecule has 0 spiro atoms. The second-order valence-electron chi connectivity index (χ2n) is 5.87. The van der Waals surface area contributed by atoms with Crippen molar-refractivity contribution in [1.29, 1.82) is 0 Å². The Morgan fingerprint density at radius 1 is 1.48 bits per heavy atom. The van der Waals surface area contributed by atoms with Gasteiger partial charge in [-0.05, 0) is 24.0 Å². The van der Waals surface area contributed by atoms with Crippen LogP contribution in [0.3, 0.4) is 0 Å². The lowest BCUT2D eigenvalue weighted by Crippen LogP contribution is -2.34. The molecule has 114 valence electrons. The first kappa shape index (κ1) is 15.4. The average Bonchev–Trinajstić information content (AvgIpc) is 2.44. The summed E-state index contributed by atoms with van der Waals surface area (Å²) in [5.41, 5.74) is 7.89. The number of fused-ring (bicyclic) bond motifs is 1. The van der Waals surface area contributed by atoms with Gasteiger partial charge in [0.15, 0.2) is 5.96 Å². The molecule has 0 saturated heterocycles. The molecule has 0 radical (unpaired) electrons. The summed E-state index contributed by atoms with van der Waals surface area (Å²) < 4.78 is 0. The standard InChI is InChI=1S/C16H24N4O/c1-11(2)7-8-18-16(17)19-10-12-9-15(21)20-14-6-4-3-5-13(12)14/h3-6,11-12H,7-10H2,1-2H3,(H,20,21)(H3,17,18,19). The van der Waals surface area contributed by atoms with Crippen LogP contribution >= 0.6 is 0 Å². The Hall–Kier alpha value is -2.04. The minimum absolute atomic E-state index is 0.0419. The highest BCUT2D eigenvalue weighted by atomic mass is 16.1. The van der Waals surface area contributed by atoms with Gasteiger partial charge < -0.3 is 16.4 Å². The first-order valence-electron chi connectivity index (χ1n) is 7.49. The normalized spacial score (nSPS) is 18.3. The molecule has 1 aliphatic heterocycles. The van der Waals surface area contributed by atoms with Crippen molar-refractivity contribution in [3.63, 3.8) is 0 Å². The molecule has 0 aromatic heterocycles. The topological polar surface area (TPSA) is 79.5 Å². The zero-order chi connectivity index (χ0) is 15.2. The SMILES string of the molecule is CC(C)CCNC(N)=NCC1CC(=O)Nc2ccccc21. The smallest absolute Gasteiger partial charge is 0.225 e. The van der Waals surface area contributed by atoms with Crippen molar-refractivity contribution < 1.29 is 4.79 Å². The van der Waals surface area contributed by atoms with Crippen LogP contribution in [-0.4, -0.2) is 25.0 Å². The van der Waals surface area contributed by atoms with Gasteiger partial charge in [0.1, 0.15) is 0 Å². The molecule has 5 nitrogen and oxygen atoms in total. The van der Waals surface area contributed by atoms with Crippen molar-refractivity contribution in [3.05, 3.63) is 29.8 Å². The summed E-state index contributed by atoms with van der Waals surface area (Å²) in [6.07, 6.45) is 1.52. The molecular formula is C16H24N4O. The van der Waals surface area contributed by atoms with Gasteiger partial charge in [-0.15, -0.1) is 0 Å². The number of anilines is 1. The maximum atomic E-state index is 11.7. The number of rotatable bonds is 5. The van der Waals surface area contributed by atoms with E-state index in [9.17, 15) is 4.79 Å². The fourth-order valence-electron chi connectivity index (χ4n) is 2.42. The Morgan fingerprint density at radius 2 is 2.24 bits per heavy atom. The van der Waals surface area contributed by atoms with Gasteiger partial charge >= 0.3 is 0 Å². The fraction of sp³-hybridized carbons (Fsp3) is 0.500. The number of para-hydroxylation sites is 1. The molecule has 1 aromatic carbocycles. The van der Waals surface area contributed by atoms with E-state index in [1.807, 2.05) is 24.3 Å². The van der Waals surface area contributed by atoms with Crippen molar-refractivity contribution in [2.45, 2.75) is 32.6 Å². The number of nitrogens with zero attached hydrogens (tertiary/aromatic N) is 1. The lowest BCUT2D eigenvalue weighted by Gasteiger charge is -2.24. The van der Waals surface area contributed by atoms with E-state index in [4.69, 9.17) is 5.73 Å². The van der Waals surface area contributed by atoms with Gasteiger partial charge in [-0.25, -0.2) is 0 Å². The molecule has 0 bridgehead atoms. The van der Waals surface area contributed by atoms with Crippen molar-refractivity contribution in [3.8, 4) is 0 Å². The Balaban J connectivity index is 1.95. The van der Waals surface area contributed by atoms with Crippen LogP contribution in [0.1, 0.15) is 38.2 Å². The Labute approximate surface area is 126 Å². The van der Waals surface area contributed by atoms with Crippen LogP contribution in [0.25, 0.3) is 0 Å². The van der Waals surface area contributed by atoms with Crippen LogP contribution in [0.4, 0.5) is 5.69 Å². The van der Waals surface area contributed by atoms with Gasteiger partial charge in [0.2, 0.25) is 5.91 Å². The third-order valence-corrected chi connectivity index (χ3v) is 3.62. The number of amides is 1. The fourth-order valence-corrected chi connectivity index (χ4v) is 2.42. The second-order valence-corrected chi connectivity index (χ2v) is 5.87. The van der Waals surface area contributed by atoms with Crippen LogP contribution in [0, 0.1) is 5.92 Å². The Bertz CT molecular complexity index is 525. The lowest BCUT2D eigenvalue weighted by atomic mass is 9.91. The number of benzene rings is 1. The number of guanidine groups is 1. The summed E-state index contributed by atoms with van der Waals surface area (Å²) in [6, 6.07) is 7.87. The van der Waals surface area contributed by atoms with Crippen LogP contribution in [0.15, 0.2) is 29.3 Å². The number of carbonyl (C=O) groups is 1. The van der Waals surface area contributed by atoms with Gasteiger partial charge in [-0.3, -0.25) is 9.79 Å². The van der Waals surface area contributed by atoms with Crippen molar-refractivity contribution in [2.24, 2.45) is 16.6 Å². The number of carbonyl (C=O) groups excluding carboxylic acids is 1. The Kier molecular flexibility index (Phi) is 5.20. The zero-order valence-corrected chi connectivity index (χ0v) is 12.7. The van der Waals surface area contributed by atoms with Gasteiger partial charge in [0, 0.05) is 24.6 Å². The highest BCUT2D eigenvalue weighted by Crippen LogP contribution is 2.31. The monoisotopic (exact) mass is 288 g/mol. The first-order valence-corrected chi connectivity index (χ1v) is 7.49. The van der Waals surface area contributed by atoms with E-state index in [1.54, 1.807) is 0 Å². The van der Waals surface area contributed by atoms with Gasteiger partial charge in [-0.1, -0.05) is 32.0 Å². The van der Waals surface area contributed by atoms with Crippen LogP contribution in [0.5, 0.6) is 0 Å². The number of hydrogen-bond acceptors (Lipinski definition) is 2. The summed E-state index contributed by atoms with van der Waals surface area (Å²) in [6.45, 7) is 5.71. The van der Waals surface area contributed by atoms with Crippen molar-refractivity contribution in [2.75, 3.05) is 18.4 Å². The molecule has 0 saturated carbocycles. The molecule has 1 heterocycles. The first-order chi connectivity index (χ1) is 10.1. The quantitative estimate of drug-likeness (QED) is 0.573. The molecule has 1 aromatic rings. The highest BCUT2D eigenvalue weighted by Gasteiger charge is 2.24. The van der Waals surface area contributed by atoms with E-state index >= 15 is 0 Å². The van der Waals surface area contributed by atoms with E-state index in [2.05, 4.69) is 29.5 Å². The molecular weight excluding hydrogens is 264 g/mol. The molecule has 1 aliphatic rings. The predicted molar refractivity (Wildman–Crippen MR) is 86.4 cm³/mol. The molecule has 4 N–H and O–H groups in total. The van der Waals surface area contributed by atoms with E-state index in [0.717, 1.165) is 24.2 Å². The van der Waals surface area contributed by atoms with Gasteiger partial charge in [-0.2, -0.15) is 0 Å². The van der Waals surface area contributed by atoms with Crippen LogP contribution in [0.2, 0.25) is 0 Å². The van der Waals surface area contributed by atoms with Crippen molar-refractivity contribution in [1.82, 2.24) is 5.32 Å². The minimum atomic E-state index is 0.0419. The number of hydrogen-bond donors (Lipinski definition) is 3. The summed E-state index contributed by atoms with van der Waals surface area (Å²) >= 11 is 0. The molecule has 0 aliphatic carbocycles. The predicted octanol–water partition coefficient (Wildman–Crippen LogP) is 2.06. The van der Waals surface area contributed by atoms with Gasteiger partial charge in [0.05, 0.1) is 6.54 Å². The summed E-state index contributed by atoms with van der Waals surface area (Å²) in [5.74, 6) is 1.24. The minimum Gasteiger partial charge on any atom is -0.370 e. The van der Waals surface area contributed by atoms with E-state index in [-0.39, 0.29) is 11.8 Å². The number of nitrogens with two attached hydrogens (primary N) is 1. The maximum absolute atomic E-state index is 11.7. The van der Waals surface area contributed by atoms with Gasteiger partial charge in [0.25, 0.3) is 0 Å². The van der Waals surface area contributed by atoms with Crippen molar-refractivity contribution >= 4 is 17.6 Å². The van der Waals surface area contributed by atoms with Crippen LogP contribution < -0.4 is 16.4 Å². The largest absolute Gasteiger partial charge is 0.370 e. The molecule has 21 heavy (non-hydrogen) atoms.